The molecule has 5 nitrogen and oxygen atoms in total. The minimum Gasteiger partial charge on any atom is -0.486 e. The zero-order chi connectivity index (χ0) is 19.6. The lowest BCUT2D eigenvalue weighted by Crippen LogP contribution is -2.24. The van der Waals surface area contributed by atoms with Gasteiger partial charge < -0.3 is 15.8 Å². The van der Waals surface area contributed by atoms with Crippen LogP contribution in [0.15, 0.2) is 42.5 Å². The first-order valence-corrected chi connectivity index (χ1v) is 9.09. The maximum absolute atomic E-state index is 14.6. The lowest BCUT2D eigenvalue weighted by Gasteiger charge is -2.11. The topological polar surface area (TPSA) is 77.2 Å². The Labute approximate surface area is 159 Å². The molecule has 0 spiro atoms. The summed E-state index contributed by atoms with van der Waals surface area (Å²) < 4.78 is 20.0. The van der Waals surface area contributed by atoms with Crippen molar-refractivity contribution in [1.82, 2.24) is 10.3 Å². The molecule has 6 heteroatoms. The number of rotatable bonds is 9. The van der Waals surface area contributed by atoms with Gasteiger partial charge in [0.25, 0.3) is 5.91 Å². The third kappa shape index (κ3) is 6.09. The van der Waals surface area contributed by atoms with Crippen LogP contribution in [0.3, 0.4) is 0 Å². The average molecular weight is 371 g/mol. The van der Waals surface area contributed by atoms with Crippen LogP contribution in [0.5, 0.6) is 5.75 Å². The Morgan fingerprint density at radius 2 is 2.11 bits per heavy atom. The predicted molar refractivity (Wildman–Crippen MR) is 105 cm³/mol. The van der Waals surface area contributed by atoms with Crippen LogP contribution in [0.2, 0.25) is 0 Å². The number of amides is 1. The van der Waals surface area contributed by atoms with Crippen molar-refractivity contribution in [2.75, 3.05) is 12.3 Å². The Balaban J connectivity index is 1.94. The molecular weight excluding hydrogens is 345 g/mol. The molecule has 0 bridgehead atoms. The monoisotopic (exact) mass is 371 g/mol. The molecule has 3 N–H and O–H groups in total. The van der Waals surface area contributed by atoms with Crippen molar-refractivity contribution in [2.45, 2.75) is 39.7 Å². The molecule has 0 aliphatic heterocycles. The lowest BCUT2D eigenvalue weighted by molar-refractivity contribution is 0.0951. The summed E-state index contributed by atoms with van der Waals surface area (Å²) in [6.07, 6.45) is 7.17. The summed E-state index contributed by atoms with van der Waals surface area (Å²) in [7, 11) is 0. The first kappa shape index (κ1) is 20.4. The molecule has 0 unspecified atom stereocenters. The number of anilines is 1. The van der Waals surface area contributed by atoms with E-state index in [-0.39, 0.29) is 23.7 Å². The molecule has 0 atom stereocenters. The van der Waals surface area contributed by atoms with Gasteiger partial charge in [0.05, 0.1) is 5.56 Å². The van der Waals surface area contributed by atoms with Crippen molar-refractivity contribution in [1.29, 1.82) is 0 Å². The van der Waals surface area contributed by atoms with Gasteiger partial charge in [-0.25, -0.2) is 9.37 Å². The number of hydrogen-bond acceptors (Lipinski definition) is 4. The second kappa shape index (κ2) is 10.3. The fraction of sp³-hybridized carbons (Fsp3) is 0.333. The maximum Gasteiger partial charge on any atom is 0.255 e. The molecule has 0 aliphatic rings. The number of nitrogens with one attached hydrogen (secondary N) is 1. The Kier molecular flexibility index (Phi) is 7.79. The molecule has 27 heavy (non-hydrogen) atoms. The third-order valence-electron chi connectivity index (χ3n) is 4.02. The Hall–Kier alpha value is -2.89. The molecule has 0 aliphatic carbocycles. The van der Waals surface area contributed by atoms with Crippen LogP contribution in [0, 0.1) is 12.7 Å². The summed E-state index contributed by atoms with van der Waals surface area (Å²) in [6, 6.07) is 8.18. The van der Waals surface area contributed by atoms with E-state index in [1.54, 1.807) is 37.3 Å². The normalized spacial score (nSPS) is 10.9. The molecule has 0 saturated heterocycles. The third-order valence-corrected chi connectivity index (χ3v) is 4.02. The number of pyridine rings is 1. The zero-order valence-electron chi connectivity index (χ0n) is 15.8. The number of ether oxygens (including phenoxy) is 1. The second-order valence-electron chi connectivity index (χ2n) is 6.22. The van der Waals surface area contributed by atoms with E-state index < -0.39 is 11.7 Å². The molecule has 1 heterocycles. The van der Waals surface area contributed by atoms with Gasteiger partial charge in [0, 0.05) is 17.8 Å². The Morgan fingerprint density at radius 1 is 1.30 bits per heavy atom. The molecule has 0 radical (unpaired) electrons. The minimum atomic E-state index is -0.477. The van der Waals surface area contributed by atoms with Gasteiger partial charge in [-0.05, 0) is 31.5 Å². The number of hydrogen-bond donors (Lipinski definition) is 2. The Bertz CT molecular complexity index is 806. The van der Waals surface area contributed by atoms with Gasteiger partial charge in [0.15, 0.2) is 11.6 Å². The first-order chi connectivity index (χ1) is 13.0. The maximum atomic E-state index is 14.6. The van der Waals surface area contributed by atoms with Crippen molar-refractivity contribution in [3.05, 3.63) is 65.1 Å². The number of benzene rings is 1. The highest BCUT2D eigenvalue weighted by molar-refractivity contribution is 5.98. The molecule has 2 rings (SSSR count). The summed E-state index contributed by atoms with van der Waals surface area (Å²) in [5.74, 6) is -0.558. The zero-order valence-corrected chi connectivity index (χ0v) is 15.8. The summed E-state index contributed by atoms with van der Waals surface area (Å²) in [4.78, 5) is 16.3. The van der Waals surface area contributed by atoms with Crippen molar-refractivity contribution in [3.8, 4) is 5.75 Å². The largest absolute Gasteiger partial charge is 0.486 e. The lowest BCUT2D eigenvalue weighted by atomic mass is 10.1. The van der Waals surface area contributed by atoms with Gasteiger partial charge in [-0.3, -0.25) is 4.79 Å². The van der Waals surface area contributed by atoms with Crippen LogP contribution in [0.25, 0.3) is 0 Å². The highest BCUT2D eigenvalue weighted by atomic mass is 19.1. The van der Waals surface area contributed by atoms with E-state index in [0.29, 0.717) is 12.2 Å². The van der Waals surface area contributed by atoms with Gasteiger partial charge in [0.2, 0.25) is 0 Å². The summed E-state index contributed by atoms with van der Waals surface area (Å²) in [6.45, 7) is 4.26. The highest BCUT2D eigenvalue weighted by Gasteiger charge is 2.13. The quantitative estimate of drug-likeness (QED) is 0.512. The summed E-state index contributed by atoms with van der Waals surface area (Å²) in [5, 5.41) is 2.67. The predicted octanol–water partition coefficient (Wildman–Crippen LogP) is 4.17. The minimum absolute atomic E-state index is 0.0293. The number of halogens is 1. The molecule has 2 aromatic rings. The van der Waals surface area contributed by atoms with E-state index >= 15 is 0 Å². The number of aromatic nitrogens is 1. The van der Waals surface area contributed by atoms with Crippen molar-refractivity contribution in [2.24, 2.45) is 0 Å². The van der Waals surface area contributed by atoms with Crippen LogP contribution in [0.4, 0.5) is 10.2 Å². The molecule has 0 saturated carbocycles. The number of nitrogens with zero attached hydrogens (tertiary/aromatic N) is 1. The van der Waals surface area contributed by atoms with Gasteiger partial charge in [-0.2, -0.15) is 0 Å². The smallest absolute Gasteiger partial charge is 0.255 e. The number of nitrogen functional groups attached to an aromatic ring is 1. The summed E-state index contributed by atoms with van der Waals surface area (Å²) >= 11 is 0. The number of nitrogens with two attached hydrogens (primary N) is 1. The SMILES string of the molecule is CCCCC=CCOc1cccc(CNC(=O)c2ccc(C)nc2N)c1F. The number of unbranched alkanes of at least 4 members (excludes halogenated alkanes) is 2. The van der Waals surface area contributed by atoms with E-state index in [4.69, 9.17) is 10.5 Å². The standard InChI is InChI=1S/C21H26FN3O2/c1-3-4-5-6-7-13-27-18-10-8-9-16(19(18)22)14-24-21(26)17-12-11-15(2)25-20(17)23/h6-12H,3-5,13-14H2,1-2H3,(H2,23,25)(H,24,26). The van der Waals surface area contributed by atoms with Crippen LogP contribution >= 0.6 is 0 Å². The molecule has 144 valence electrons. The first-order valence-electron chi connectivity index (χ1n) is 9.09. The summed E-state index contributed by atoms with van der Waals surface area (Å²) in [5.41, 5.74) is 7.11. The van der Waals surface area contributed by atoms with Gasteiger partial charge in [-0.1, -0.05) is 44.1 Å². The van der Waals surface area contributed by atoms with Crippen LogP contribution in [-0.2, 0) is 6.54 Å². The van der Waals surface area contributed by atoms with Crippen molar-refractivity contribution < 1.29 is 13.9 Å². The number of carbonyl (C=O) groups excluding carboxylic acids is 1. The van der Waals surface area contributed by atoms with E-state index in [9.17, 15) is 9.18 Å². The van der Waals surface area contributed by atoms with Crippen LogP contribution in [0.1, 0.15) is 47.8 Å². The number of carbonyl (C=O) groups is 1. The molecule has 1 aromatic heterocycles. The fourth-order valence-electron chi connectivity index (χ4n) is 2.49. The van der Waals surface area contributed by atoms with Crippen molar-refractivity contribution in [3.63, 3.8) is 0 Å². The van der Waals surface area contributed by atoms with E-state index in [2.05, 4.69) is 17.2 Å². The van der Waals surface area contributed by atoms with Crippen molar-refractivity contribution >= 4 is 11.7 Å². The van der Waals surface area contributed by atoms with Gasteiger partial charge >= 0.3 is 0 Å². The van der Waals surface area contributed by atoms with Crippen LogP contribution < -0.4 is 15.8 Å². The van der Waals surface area contributed by atoms with Crippen LogP contribution in [-0.4, -0.2) is 17.5 Å². The fourth-order valence-corrected chi connectivity index (χ4v) is 2.49. The number of allylic oxidation sites excluding steroid dienone is 1. The average Bonchev–Trinajstić information content (AvgIpc) is 2.64. The second-order valence-corrected chi connectivity index (χ2v) is 6.22. The Morgan fingerprint density at radius 3 is 2.85 bits per heavy atom. The van der Waals surface area contributed by atoms with E-state index in [1.807, 2.05) is 12.2 Å². The van der Waals surface area contributed by atoms with Gasteiger partial charge in [0.1, 0.15) is 12.4 Å². The molecule has 1 aromatic carbocycles. The van der Waals surface area contributed by atoms with Gasteiger partial charge in [-0.15, -0.1) is 0 Å². The van der Waals surface area contributed by atoms with E-state index in [0.717, 1.165) is 25.0 Å². The highest BCUT2D eigenvalue weighted by Crippen LogP contribution is 2.21. The number of aryl methyl sites for hydroxylation is 1. The van der Waals surface area contributed by atoms with E-state index in [1.165, 1.54) is 0 Å². The molecule has 1 amide bonds. The molecular formula is C21H26FN3O2. The molecule has 0 fully saturated rings.